The molecule has 1 amide bonds. The van der Waals surface area contributed by atoms with Crippen LogP contribution in [0.4, 0.5) is 0 Å². The van der Waals surface area contributed by atoms with Crippen LogP contribution in [-0.2, 0) is 14.3 Å². The molecule has 1 heterocycles. The molecule has 0 spiro atoms. The van der Waals surface area contributed by atoms with Gasteiger partial charge in [0, 0.05) is 6.92 Å². The molecule has 0 aliphatic carbocycles. The fourth-order valence-corrected chi connectivity index (χ4v) is 3.55. The van der Waals surface area contributed by atoms with Crippen LogP contribution in [0.5, 0.6) is 0 Å². The molecule has 0 aromatic rings. The van der Waals surface area contributed by atoms with Crippen molar-refractivity contribution in [3.63, 3.8) is 0 Å². The molecule has 1 saturated heterocycles. The molecule has 0 aromatic carbocycles. The molecule has 5 unspecified atom stereocenters. The van der Waals surface area contributed by atoms with E-state index in [0.29, 0.717) is 0 Å². The van der Waals surface area contributed by atoms with Crippen LogP contribution in [0.2, 0.25) is 0 Å². The Kier molecular flexibility index (Phi) is 7.87. The molecule has 1 fully saturated rings. The van der Waals surface area contributed by atoms with Crippen LogP contribution < -0.4 is 5.32 Å². The topological polar surface area (TPSA) is 88.0 Å². The van der Waals surface area contributed by atoms with Gasteiger partial charge in [0.05, 0.1) is 24.4 Å². The van der Waals surface area contributed by atoms with E-state index in [-0.39, 0.29) is 17.9 Å². The number of amides is 1. The number of carbonyl (C=O) groups is 1. The van der Waals surface area contributed by atoms with E-state index in [0.717, 1.165) is 19.3 Å². The fourth-order valence-electron chi connectivity index (χ4n) is 3.55. The molecule has 1 aliphatic rings. The summed E-state index contributed by atoms with van der Waals surface area (Å²) in [5, 5.41) is 23.7. The first kappa shape index (κ1) is 22.4. The lowest BCUT2D eigenvalue weighted by Gasteiger charge is -2.51. The van der Waals surface area contributed by atoms with Gasteiger partial charge in [0.1, 0.15) is 18.3 Å². The molecule has 5 atom stereocenters. The predicted molar refractivity (Wildman–Crippen MR) is 97.3 cm³/mol. The van der Waals surface area contributed by atoms with E-state index in [1.165, 1.54) is 6.92 Å². The van der Waals surface area contributed by atoms with Crippen LogP contribution >= 0.6 is 0 Å². The second-order valence-electron chi connectivity index (χ2n) is 8.43. The van der Waals surface area contributed by atoms with Gasteiger partial charge in [-0.05, 0) is 32.1 Å². The minimum Gasteiger partial charge on any atom is -0.394 e. The number of rotatable bonds is 8. The molecular formula is C19H37NO5. The fraction of sp³-hybridized carbons (Fsp3) is 0.947. The summed E-state index contributed by atoms with van der Waals surface area (Å²) < 4.78 is 12.3. The monoisotopic (exact) mass is 359 g/mol. The number of nitrogens with one attached hydrogen (secondary N) is 1. The van der Waals surface area contributed by atoms with Gasteiger partial charge in [-0.2, -0.15) is 0 Å². The molecule has 0 saturated carbocycles. The second kappa shape index (κ2) is 8.80. The largest absolute Gasteiger partial charge is 0.394 e. The van der Waals surface area contributed by atoms with Gasteiger partial charge in [-0.3, -0.25) is 4.79 Å². The molecule has 1 aliphatic heterocycles. The van der Waals surface area contributed by atoms with Crippen molar-refractivity contribution in [3.05, 3.63) is 0 Å². The molecular weight excluding hydrogens is 322 g/mol. The second-order valence-corrected chi connectivity index (χ2v) is 8.43. The van der Waals surface area contributed by atoms with Gasteiger partial charge in [-0.1, -0.05) is 34.1 Å². The van der Waals surface area contributed by atoms with Crippen molar-refractivity contribution in [2.24, 2.45) is 5.41 Å². The maximum absolute atomic E-state index is 11.7. The van der Waals surface area contributed by atoms with Crippen molar-refractivity contribution < 1.29 is 24.5 Å². The van der Waals surface area contributed by atoms with Crippen molar-refractivity contribution in [2.45, 2.75) is 104 Å². The maximum Gasteiger partial charge on any atom is 0.217 e. The normalized spacial score (nSPS) is 31.0. The average molecular weight is 360 g/mol. The lowest BCUT2D eigenvalue weighted by atomic mass is 9.74. The molecule has 0 bridgehead atoms. The zero-order valence-corrected chi connectivity index (χ0v) is 16.8. The van der Waals surface area contributed by atoms with Crippen LogP contribution in [0, 0.1) is 5.41 Å². The Balaban J connectivity index is 3.17. The Bertz CT molecular complexity index is 438. The summed E-state index contributed by atoms with van der Waals surface area (Å²) in [5.74, 6) is -0.221. The van der Waals surface area contributed by atoms with E-state index < -0.39 is 36.1 Å². The molecule has 0 radical (unpaired) electrons. The van der Waals surface area contributed by atoms with Crippen LogP contribution in [0.1, 0.15) is 67.7 Å². The van der Waals surface area contributed by atoms with E-state index in [1.54, 1.807) is 0 Å². The first-order chi connectivity index (χ1) is 11.5. The number of ether oxygens (including phenoxy) is 2. The lowest BCUT2D eigenvalue weighted by Crippen LogP contribution is -2.68. The van der Waals surface area contributed by atoms with E-state index in [4.69, 9.17) is 9.47 Å². The lowest BCUT2D eigenvalue weighted by molar-refractivity contribution is -0.254. The number of hydrogen-bond donors (Lipinski definition) is 3. The SMILES string of the molecule is CCCC(C)(C)C1OC(CO)C(OC(C)(C)CC)C(O)C1NC(C)=O. The van der Waals surface area contributed by atoms with Crippen molar-refractivity contribution in [2.75, 3.05) is 6.61 Å². The Hall–Kier alpha value is -0.690. The van der Waals surface area contributed by atoms with Gasteiger partial charge >= 0.3 is 0 Å². The van der Waals surface area contributed by atoms with Gasteiger partial charge in [-0.15, -0.1) is 0 Å². The minimum atomic E-state index is -0.957. The van der Waals surface area contributed by atoms with Crippen LogP contribution in [0.15, 0.2) is 0 Å². The highest BCUT2D eigenvalue weighted by Gasteiger charge is 2.51. The summed E-state index contributed by atoms with van der Waals surface area (Å²) in [6.07, 6.45) is -0.107. The van der Waals surface area contributed by atoms with Crippen molar-refractivity contribution in [1.29, 1.82) is 0 Å². The minimum absolute atomic E-state index is 0.221. The molecule has 6 nitrogen and oxygen atoms in total. The van der Waals surface area contributed by atoms with Gasteiger partial charge in [0.2, 0.25) is 5.91 Å². The quantitative estimate of drug-likeness (QED) is 0.617. The van der Waals surface area contributed by atoms with Crippen molar-refractivity contribution >= 4 is 5.91 Å². The highest BCUT2D eigenvalue weighted by Crippen LogP contribution is 2.38. The standard InChI is InChI=1S/C19H37NO5/c1-8-10-18(4,5)17-14(20-12(3)22)15(23)16(13(11-21)24-17)25-19(6,7)9-2/h13-17,21,23H,8-11H2,1-7H3,(H,20,22). The third-order valence-corrected chi connectivity index (χ3v) is 5.24. The summed E-state index contributed by atoms with van der Waals surface area (Å²) in [5.41, 5.74) is -0.726. The Morgan fingerprint density at radius 3 is 2.28 bits per heavy atom. The number of aliphatic hydroxyl groups excluding tert-OH is 2. The van der Waals surface area contributed by atoms with E-state index in [1.807, 2.05) is 20.8 Å². The van der Waals surface area contributed by atoms with Gasteiger partial charge in [-0.25, -0.2) is 0 Å². The van der Waals surface area contributed by atoms with Crippen molar-refractivity contribution in [1.82, 2.24) is 5.32 Å². The first-order valence-corrected chi connectivity index (χ1v) is 9.38. The summed E-state index contributed by atoms with van der Waals surface area (Å²) >= 11 is 0. The summed E-state index contributed by atoms with van der Waals surface area (Å²) in [6.45, 7) is 13.3. The third kappa shape index (κ3) is 5.64. The number of carbonyl (C=O) groups excluding carboxylic acids is 1. The van der Waals surface area contributed by atoms with Gasteiger partial charge in [0.15, 0.2) is 0 Å². The molecule has 148 valence electrons. The zero-order valence-electron chi connectivity index (χ0n) is 16.8. The zero-order chi connectivity index (χ0) is 19.4. The molecule has 6 heteroatoms. The number of hydrogen-bond acceptors (Lipinski definition) is 5. The highest BCUT2D eigenvalue weighted by molar-refractivity contribution is 5.73. The number of aliphatic hydroxyl groups is 2. The summed E-state index contributed by atoms with van der Waals surface area (Å²) in [4.78, 5) is 11.7. The smallest absolute Gasteiger partial charge is 0.217 e. The van der Waals surface area contributed by atoms with Crippen LogP contribution in [-0.4, -0.2) is 58.8 Å². The maximum atomic E-state index is 11.7. The molecule has 25 heavy (non-hydrogen) atoms. The average Bonchev–Trinajstić information content (AvgIpc) is 2.50. The Morgan fingerprint density at radius 1 is 1.24 bits per heavy atom. The van der Waals surface area contributed by atoms with Crippen LogP contribution in [0.3, 0.4) is 0 Å². The predicted octanol–water partition coefficient (Wildman–Crippen LogP) is 2.01. The first-order valence-electron chi connectivity index (χ1n) is 9.38. The molecule has 0 aromatic heterocycles. The highest BCUT2D eigenvalue weighted by atomic mass is 16.6. The summed E-state index contributed by atoms with van der Waals surface area (Å²) in [6, 6.07) is -0.584. The van der Waals surface area contributed by atoms with Crippen molar-refractivity contribution in [3.8, 4) is 0 Å². The Morgan fingerprint density at radius 2 is 1.84 bits per heavy atom. The van der Waals surface area contributed by atoms with Crippen LogP contribution in [0.25, 0.3) is 0 Å². The van der Waals surface area contributed by atoms with Gasteiger partial charge < -0.3 is 25.0 Å². The summed E-state index contributed by atoms with van der Waals surface area (Å²) in [7, 11) is 0. The van der Waals surface area contributed by atoms with E-state index >= 15 is 0 Å². The molecule has 1 rings (SSSR count). The molecule has 3 N–H and O–H groups in total. The van der Waals surface area contributed by atoms with Gasteiger partial charge in [0.25, 0.3) is 0 Å². The van der Waals surface area contributed by atoms with E-state index in [2.05, 4.69) is 26.1 Å². The third-order valence-electron chi connectivity index (χ3n) is 5.24. The Labute approximate surface area is 152 Å². The van der Waals surface area contributed by atoms with E-state index in [9.17, 15) is 15.0 Å².